The minimum atomic E-state index is -0.200. The SMILES string of the molecule is NC(=O)C1CC(CCCC2CCCO2)CCN1. The molecule has 0 aromatic heterocycles. The molecule has 4 nitrogen and oxygen atoms in total. The number of nitrogens with two attached hydrogens (primary N) is 1. The summed E-state index contributed by atoms with van der Waals surface area (Å²) < 4.78 is 5.62. The van der Waals surface area contributed by atoms with Gasteiger partial charge in [-0.05, 0) is 44.6 Å². The lowest BCUT2D eigenvalue weighted by molar-refractivity contribution is -0.120. The Hall–Kier alpha value is -0.610. The summed E-state index contributed by atoms with van der Waals surface area (Å²) in [5.41, 5.74) is 5.34. The second-order valence-electron chi connectivity index (χ2n) is 5.37. The highest BCUT2D eigenvalue weighted by molar-refractivity contribution is 5.79. The number of carbonyl (C=O) groups is 1. The molecule has 0 bridgehead atoms. The summed E-state index contributed by atoms with van der Waals surface area (Å²) in [5.74, 6) is 0.462. The molecule has 0 radical (unpaired) electrons. The van der Waals surface area contributed by atoms with Gasteiger partial charge in [0.1, 0.15) is 0 Å². The van der Waals surface area contributed by atoms with Gasteiger partial charge in [0.25, 0.3) is 0 Å². The van der Waals surface area contributed by atoms with Gasteiger partial charge < -0.3 is 15.8 Å². The molecule has 2 saturated heterocycles. The maximum atomic E-state index is 11.1. The van der Waals surface area contributed by atoms with Gasteiger partial charge in [-0.2, -0.15) is 0 Å². The maximum Gasteiger partial charge on any atom is 0.234 e. The molecule has 0 aromatic rings. The predicted octanol–water partition coefficient (Wildman–Crippen LogP) is 1.19. The topological polar surface area (TPSA) is 64.4 Å². The van der Waals surface area contributed by atoms with E-state index in [9.17, 15) is 4.79 Å². The van der Waals surface area contributed by atoms with Crippen molar-refractivity contribution in [2.24, 2.45) is 11.7 Å². The number of piperidine rings is 1. The van der Waals surface area contributed by atoms with E-state index in [1.165, 1.54) is 38.5 Å². The number of amides is 1. The van der Waals surface area contributed by atoms with Crippen LogP contribution in [0.25, 0.3) is 0 Å². The van der Waals surface area contributed by atoms with Crippen molar-refractivity contribution in [1.29, 1.82) is 0 Å². The third-order valence-corrected chi connectivity index (χ3v) is 4.02. The largest absolute Gasteiger partial charge is 0.378 e. The van der Waals surface area contributed by atoms with Crippen molar-refractivity contribution >= 4 is 5.91 Å². The van der Waals surface area contributed by atoms with E-state index in [-0.39, 0.29) is 11.9 Å². The maximum absolute atomic E-state index is 11.1. The zero-order valence-corrected chi connectivity index (χ0v) is 10.5. The van der Waals surface area contributed by atoms with Crippen molar-refractivity contribution in [2.45, 2.75) is 57.1 Å². The lowest BCUT2D eigenvalue weighted by Crippen LogP contribution is -2.46. The first kappa shape index (κ1) is 12.8. The van der Waals surface area contributed by atoms with Gasteiger partial charge in [-0.3, -0.25) is 4.79 Å². The summed E-state index contributed by atoms with van der Waals surface area (Å²) in [6.45, 7) is 1.87. The summed E-state index contributed by atoms with van der Waals surface area (Å²) in [7, 11) is 0. The van der Waals surface area contributed by atoms with Gasteiger partial charge in [-0.25, -0.2) is 0 Å². The van der Waals surface area contributed by atoms with Crippen LogP contribution in [-0.4, -0.2) is 31.2 Å². The van der Waals surface area contributed by atoms with Crippen molar-refractivity contribution in [1.82, 2.24) is 5.32 Å². The van der Waals surface area contributed by atoms with Crippen LogP contribution >= 0.6 is 0 Å². The van der Waals surface area contributed by atoms with E-state index in [1.807, 2.05) is 0 Å². The minimum absolute atomic E-state index is 0.100. The fourth-order valence-corrected chi connectivity index (χ4v) is 2.98. The Morgan fingerprint density at radius 1 is 1.35 bits per heavy atom. The van der Waals surface area contributed by atoms with Gasteiger partial charge in [0.15, 0.2) is 0 Å². The number of rotatable bonds is 5. The summed E-state index contributed by atoms with van der Waals surface area (Å²) in [5, 5.41) is 3.18. The summed E-state index contributed by atoms with van der Waals surface area (Å²) in [4.78, 5) is 11.1. The van der Waals surface area contributed by atoms with Crippen molar-refractivity contribution in [3.8, 4) is 0 Å². The fraction of sp³-hybridized carbons (Fsp3) is 0.923. The van der Waals surface area contributed by atoms with Crippen LogP contribution in [0.1, 0.15) is 44.9 Å². The van der Waals surface area contributed by atoms with E-state index >= 15 is 0 Å². The molecule has 2 aliphatic heterocycles. The normalized spacial score (nSPS) is 33.8. The molecule has 0 aromatic carbocycles. The molecule has 3 N–H and O–H groups in total. The molecular weight excluding hydrogens is 216 g/mol. The second-order valence-corrected chi connectivity index (χ2v) is 5.37. The van der Waals surface area contributed by atoms with E-state index in [1.54, 1.807) is 0 Å². The lowest BCUT2D eigenvalue weighted by atomic mass is 9.87. The Balaban J connectivity index is 1.62. The van der Waals surface area contributed by atoms with Gasteiger partial charge in [-0.15, -0.1) is 0 Å². The van der Waals surface area contributed by atoms with E-state index < -0.39 is 0 Å². The van der Waals surface area contributed by atoms with Crippen molar-refractivity contribution in [2.75, 3.05) is 13.2 Å². The van der Waals surface area contributed by atoms with Crippen molar-refractivity contribution in [3.63, 3.8) is 0 Å². The van der Waals surface area contributed by atoms with Crippen molar-refractivity contribution in [3.05, 3.63) is 0 Å². The summed E-state index contributed by atoms with van der Waals surface area (Å²) in [6.07, 6.45) is 8.68. The van der Waals surface area contributed by atoms with Gasteiger partial charge in [0.05, 0.1) is 12.1 Å². The molecule has 17 heavy (non-hydrogen) atoms. The van der Waals surface area contributed by atoms with Crippen LogP contribution in [0.5, 0.6) is 0 Å². The standard InChI is InChI=1S/C13H24N2O2/c14-13(16)12-9-10(6-7-15-12)3-1-4-11-5-2-8-17-11/h10-12,15H,1-9H2,(H2,14,16). The third kappa shape index (κ3) is 3.96. The molecule has 3 unspecified atom stereocenters. The number of hydrogen-bond acceptors (Lipinski definition) is 3. The predicted molar refractivity (Wildman–Crippen MR) is 66.5 cm³/mol. The van der Waals surface area contributed by atoms with Crippen LogP contribution < -0.4 is 11.1 Å². The van der Waals surface area contributed by atoms with Gasteiger partial charge in [-0.1, -0.05) is 12.8 Å². The average molecular weight is 240 g/mol. The molecule has 2 heterocycles. The number of hydrogen-bond donors (Lipinski definition) is 2. The molecule has 0 aliphatic carbocycles. The van der Waals surface area contributed by atoms with Crippen LogP contribution in [0.15, 0.2) is 0 Å². The zero-order valence-electron chi connectivity index (χ0n) is 10.5. The highest BCUT2D eigenvalue weighted by Crippen LogP contribution is 2.24. The van der Waals surface area contributed by atoms with Crippen LogP contribution in [0.4, 0.5) is 0 Å². The van der Waals surface area contributed by atoms with E-state index in [0.717, 1.165) is 19.6 Å². The van der Waals surface area contributed by atoms with Crippen LogP contribution in [0, 0.1) is 5.92 Å². The Morgan fingerprint density at radius 3 is 2.94 bits per heavy atom. The molecule has 4 heteroatoms. The van der Waals surface area contributed by atoms with Crippen LogP contribution in [0.3, 0.4) is 0 Å². The number of nitrogens with one attached hydrogen (secondary N) is 1. The van der Waals surface area contributed by atoms with E-state index in [0.29, 0.717) is 12.0 Å². The second kappa shape index (κ2) is 6.36. The molecular formula is C13H24N2O2. The Labute approximate surface area is 103 Å². The fourth-order valence-electron chi connectivity index (χ4n) is 2.98. The molecule has 2 aliphatic rings. The molecule has 0 saturated carbocycles. The van der Waals surface area contributed by atoms with Crippen LogP contribution in [-0.2, 0) is 9.53 Å². The van der Waals surface area contributed by atoms with Crippen molar-refractivity contribution < 1.29 is 9.53 Å². The summed E-state index contributed by atoms with van der Waals surface area (Å²) >= 11 is 0. The monoisotopic (exact) mass is 240 g/mol. The van der Waals surface area contributed by atoms with Crippen LogP contribution in [0.2, 0.25) is 0 Å². The minimum Gasteiger partial charge on any atom is -0.378 e. The Kier molecular flexibility index (Phi) is 4.80. The molecule has 3 atom stereocenters. The van der Waals surface area contributed by atoms with Gasteiger partial charge in [0, 0.05) is 6.61 Å². The molecule has 0 spiro atoms. The van der Waals surface area contributed by atoms with Gasteiger partial charge >= 0.3 is 0 Å². The lowest BCUT2D eigenvalue weighted by Gasteiger charge is -2.28. The zero-order chi connectivity index (χ0) is 12.1. The average Bonchev–Trinajstić information content (AvgIpc) is 2.82. The highest BCUT2D eigenvalue weighted by Gasteiger charge is 2.25. The number of ether oxygens (including phenoxy) is 1. The first-order valence-electron chi connectivity index (χ1n) is 6.90. The smallest absolute Gasteiger partial charge is 0.234 e. The van der Waals surface area contributed by atoms with E-state index in [2.05, 4.69) is 5.32 Å². The quantitative estimate of drug-likeness (QED) is 0.758. The molecule has 1 amide bonds. The Bertz CT molecular complexity index is 252. The molecule has 2 fully saturated rings. The van der Waals surface area contributed by atoms with Gasteiger partial charge in [0.2, 0.25) is 5.91 Å². The number of carbonyl (C=O) groups excluding carboxylic acids is 1. The third-order valence-electron chi connectivity index (χ3n) is 4.02. The summed E-state index contributed by atoms with van der Waals surface area (Å²) in [6, 6.07) is -0.100. The molecule has 98 valence electrons. The Morgan fingerprint density at radius 2 is 2.24 bits per heavy atom. The first-order valence-corrected chi connectivity index (χ1v) is 6.90. The highest BCUT2D eigenvalue weighted by atomic mass is 16.5. The first-order chi connectivity index (χ1) is 8.25. The molecule has 2 rings (SSSR count). The number of primary amides is 1. The van der Waals surface area contributed by atoms with E-state index in [4.69, 9.17) is 10.5 Å².